The van der Waals surface area contributed by atoms with Crippen molar-refractivity contribution >= 4 is 0 Å². The Kier molecular flexibility index (Phi) is 7.24. The Labute approximate surface area is 101 Å². The van der Waals surface area contributed by atoms with E-state index < -0.39 is 0 Å². The molecule has 1 rings (SSSR count). The van der Waals surface area contributed by atoms with Gasteiger partial charge in [-0.25, -0.2) is 12.1 Å². The van der Waals surface area contributed by atoms with Gasteiger partial charge in [0.2, 0.25) is 0 Å². The zero-order valence-electron chi connectivity index (χ0n) is 10.1. The first-order chi connectivity index (χ1) is 6.24. The predicted octanol–water partition coefficient (Wildman–Crippen LogP) is 0.951. The molecule has 14 heavy (non-hydrogen) atoms. The van der Waals surface area contributed by atoms with Gasteiger partial charge in [-0.3, -0.25) is 0 Å². The van der Waals surface area contributed by atoms with Gasteiger partial charge >= 0.3 is 18.9 Å². The van der Waals surface area contributed by atoms with E-state index in [1.807, 2.05) is 0 Å². The Bertz CT molecular complexity index is 235. The summed E-state index contributed by atoms with van der Waals surface area (Å²) < 4.78 is 0. The predicted molar refractivity (Wildman–Crippen MR) is 59.2 cm³/mol. The van der Waals surface area contributed by atoms with E-state index in [4.69, 9.17) is 0 Å². The van der Waals surface area contributed by atoms with Crippen molar-refractivity contribution in [2.75, 3.05) is 0 Å². The molecule has 1 heteroatoms. The van der Waals surface area contributed by atoms with Crippen LogP contribution in [0.15, 0.2) is 18.2 Å². The van der Waals surface area contributed by atoms with E-state index in [9.17, 15) is 0 Å². The van der Waals surface area contributed by atoms with Crippen molar-refractivity contribution in [2.45, 2.75) is 46.5 Å². The van der Waals surface area contributed by atoms with Gasteiger partial charge < -0.3 is 0 Å². The van der Waals surface area contributed by atoms with Crippen molar-refractivity contribution in [1.82, 2.24) is 0 Å². The molecule has 0 aliphatic heterocycles. The fourth-order valence-electron chi connectivity index (χ4n) is 1.74. The molecule has 0 unspecified atom stereocenters. The zero-order chi connectivity index (χ0) is 9.68. The van der Waals surface area contributed by atoms with Crippen LogP contribution < -0.4 is 18.9 Å². The van der Waals surface area contributed by atoms with Crippen LogP contribution in [0.2, 0.25) is 0 Å². The third-order valence-corrected chi connectivity index (χ3v) is 2.44. The van der Waals surface area contributed by atoms with Crippen molar-refractivity contribution in [1.29, 1.82) is 0 Å². The number of rotatable bonds is 5. The van der Waals surface area contributed by atoms with Gasteiger partial charge in [-0.1, -0.05) is 40.0 Å². The zero-order valence-corrected chi connectivity index (χ0v) is 10.1. The fraction of sp³-hybridized carbons (Fsp3) is 0.615. The van der Waals surface area contributed by atoms with Crippen LogP contribution in [0, 0.1) is 5.92 Å². The minimum Gasteiger partial charge on any atom is -0.213 e. The molecule has 74 valence electrons. The first-order valence-electron chi connectivity index (χ1n) is 5.47. The van der Waals surface area contributed by atoms with Gasteiger partial charge in [0.15, 0.2) is 0 Å². The van der Waals surface area contributed by atoms with E-state index in [1.54, 1.807) is 11.1 Å². The molecule has 0 aromatic heterocycles. The van der Waals surface area contributed by atoms with E-state index in [-0.39, 0.29) is 18.9 Å². The standard InChI is InChI=1S/C13H21.Li/c1-4-5-7-12-8-6-9-13(12)10-11(2)3;/h6,8-9,11H,4-5,7,10H2,1-3H3;/q-1;+1. The first kappa shape index (κ1) is 13.9. The molecule has 0 amide bonds. The van der Waals surface area contributed by atoms with Gasteiger partial charge in [0.1, 0.15) is 0 Å². The Morgan fingerprint density at radius 1 is 1.36 bits per heavy atom. The molecule has 1 aromatic rings. The minimum atomic E-state index is 0. The van der Waals surface area contributed by atoms with Gasteiger partial charge in [0.05, 0.1) is 0 Å². The van der Waals surface area contributed by atoms with Crippen molar-refractivity contribution < 1.29 is 18.9 Å². The molecule has 0 saturated carbocycles. The molecule has 0 bridgehead atoms. The molecule has 0 radical (unpaired) electrons. The summed E-state index contributed by atoms with van der Waals surface area (Å²) in [5.74, 6) is 0.780. The third-order valence-electron chi connectivity index (χ3n) is 2.44. The summed E-state index contributed by atoms with van der Waals surface area (Å²) in [4.78, 5) is 0. The number of hydrogen-bond donors (Lipinski definition) is 0. The van der Waals surface area contributed by atoms with Gasteiger partial charge in [-0.05, 0) is 12.3 Å². The van der Waals surface area contributed by atoms with Crippen LogP contribution in [0.25, 0.3) is 0 Å². The topological polar surface area (TPSA) is 0 Å². The molecule has 0 fully saturated rings. The summed E-state index contributed by atoms with van der Waals surface area (Å²) in [6.07, 6.45) is 5.14. The minimum absolute atomic E-state index is 0. The van der Waals surface area contributed by atoms with Crippen LogP contribution in [-0.4, -0.2) is 0 Å². The molecule has 0 nitrogen and oxygen atoms in total. The monoisotopic (exact) mass is 184 g/mol. The average molecular weight is 184 g/mol. The number of unbranched alkanes of at least 4 members (excludes halogenated alkanes) is 1. The molecule has 0 spiro atoms. The van der Waals surface area contributed by atoms with E-state index >= 15 is 0 Å². The Morgan fingerprint density at radius 3 is 2.64 bits per heavy atom. The average Bonchev–Trinajstić information content (AvgIpc) is 2.48. The van der Waals surface area contributed by atoms with Crippen LogP contribution >= 0.6 is 0 Å². The molecule has 0 heterocycles. The Balaban J connectivity index is 0.00000169. The van der Waals surface area contributed by atoms with E-state index in [2.05, 4.69) is 39.0 Å². The molecule has 0 N–H and O–H groups in total. The molecule has 0 aliphatic carbocycles. The van der Waals surface area contributed by atoms with Gasteiger partial charge in [0.25, 0.3) is 0 Å². The second kappa shape index (κ2) is 7.27. The summed E-state index contributed by atoms with van der Waals surface area (Å²) >= 11 is 0. The van der Waals surface area contributed by atoms with Crippen LogP contribution in [0.3, 0.4) is 0 Å². The second-order valence-corrected chi connectivity index (χ2v) is 4.28. The van der Waals surface area contributed by atoms with Crippen LogP contribution in [0.5, 0.6) is 0 Å². The maximum Gasteiger partial charge on any atom is 1.00 e. The summed E-state index contributed by atoms with van der Waals surface area (Å²) in [7, 11) is 0. The van der Waals surface area contributed by atoms with Crippen molar-refractivity contribution in [3.05, 3.63) is 29.3 Å². The van der Waals surface area contributed by atoms with E-state index in [0.717, 1.165) is 5.92 Å². The smallest absolute Gasteiger partial charge is 0.213 e. The number of aryl methyl sites for hydroxylation is 1. The quantitative estimate of drug-likeness (QED) is 0.472. The fourth-order valence-corrected chi connectivity index (χ4v) is 1.74. The Hall–Kier alpha value is -0.0526. The third kappa shape index (κ3) is 4.45. The number of hydrogen-bond acceptors (Lipinski definition) is 0. The molecular formula is C13H21Li. The van der Waals surface area contributed by atoms with Crippen LogP contribution in [0.1, 0.15) is 44.7 Å². The summed E-state index contributed by atoms with van der Waals surface area (Å²) in [6.45, 7) is 6.83. The molecule has 1 aromatic carbocycles. The summed E-state index contributed by atoms with van der Waals surface area (Å²) in [5, 5.41) is 0. The van der Waals surface area contributed by atoms with Gasteiger partial charge in [0, 0.05) is 0 Å². The van der Waals surface area contributed by atoms with Crippen LogP contribution in [0.4, 0.5) is 0 Å². The molecular weight excluding hydrogens is 163 g/mol. The van der Waals surface area contributed by atoms with Crippen molar-refractivity contribution in [2.24, 2.45) is 5.92 Å². The van der Waals surface area contributed by atoms with Crippen molar-refractivity contribution in [3.8, 4) is 0 Å². The van der Waals surface area contributed by atoms with Gasteiger partial charge in [-0.2, -0.15) is 17.2 Å². The molecule has 0 aliphatic rings. The maximum atomic E-state index is 2.29. The van der Waals surface area contributed by atoms with Gasteiger partial charge in [-0.15, -0.1) is 0 Å². The normalized spacial score (nSPS) is 10.3. The summed E-state index contributed by atoms with van der Waals surface area (Å²) in [6, 6.07) is 6.76. The molecule has 0 saturated heterocycles. The van der Waals surface area contributed by atoms with Crippen molar-refractivity contribution in [3.63, 3.8) is 0 Å². The van der Waals surface area contributed by atoms with E-state index in [1.165, 1.54) is 25.7 Å². The largest absolute Gasteiger partial charge is 1.00 e. The molecule has 0 atom stereocenters. The maximum absolute atomic E-state index is 2.29. The van der Waals surface area contributed by atoms with Crippen LogP contribution in [-0.2, 0) is 12.8 Å². The second-order valence-electron chi connectivity index (χ2n) is 4.28. The summed E-state index contributed by atoms with van der Waals surface area (Å²) in [5.41, 5.74) is 3.15. The van der Waals surface area contributed by atoms with E-state index in [0.29, 0.717) is 0 Å². The Morgan fingerprint density at radius 2 is 2.07 bits per heavy atom. The SMILES string of the molecule is CCCC[c-]1cccc1CC(C)C.[Li+]. The first-order valence-corrected chi connectivity index (χ1v) is 5.47.